The summed E-state index contributed by atoms with van der Waals surface area (Å²) in [6.45, 7) is 0. The molecule has 1 heterocycles. The average Bonchev–Trinajstić information content (AvgIpc) is 2.46. The fourth-order valence-electron chi connectivity index (χ4n) is 1.80. The largest absolute Gasteiger partial charge is 0.316 e. The molecule has 2 nitrogen and oxygen atoms in total. The summed E-state index contributed by atoms with van der Waals surface area (Å²) in [7, 11) is 1.99. The molecule has 0 spiro atoms. The van der Waals surface area contributed by atoms with Gasteiger partial charge in [0.1, 0.15) is 0 Å². The van der Waals surface area contributed by atoms with Crippen molar-refractivity contribution in [1.82, 2.24) is 10.3 Å². The van der Waals surface area contributed by atoms with Crippen molar-refractivity contribution in [2.45, 2.75) is 17.4 Å². The average molecular weight is 293 g/mol. The van der Waals surface area contributed by atoms with Crippen molar-refractivity contribution in [3.05, 3.63) is 59.4 Å². The van der Waals surface area contributed by atoms with E-state index in [1.807, 2.05) is 37.5 Å². The van der Waals surface area contributed by atoms with Crippen molar-refractivity contribution < 1.29 is 0 Å². The first-order valence-corrected chi connectivity index (χ1v) is 7.59. The highest BCUT2D eigenvalue weighted by atomic mass is 35.5. The first-order valence-electron chi connectivity index (χ1n) is 6.23. The number of hydrogen-bond acceptors (Lipinski definition) is 3. The summed E-state index contributed by atoms with van der Waals surface area (Å²) in [5, 5.41) is 4.17. The van der Waals surface area contributed by atoms with Crippen molar-refractivity contribution in [2.75, 3.05) is 12.8 Å². The van der Waals surface area contributed by atoms with Crippen molar-refractivity contribution in [1.29, 1.82) is 0 Å². The van der Waals surface area contributed by atoms with Gasteiger partial charge in [0.2, 0.25) is 0 Å². The molecule has 1 aromatic heterocycles. The van der Waals surface area contributed by atoms with Gasteiger partial charge in [-0.1, -0.05) is 29.8 Å². The second kappa shape index (κ2) is 7.53. The number of hydrogen-bond donors (Lipinski definition) is 1. The number of benzene rings is 1. The first-order chi connectivity index (χ1) is 9.29. The molecule has 2 aromatic rings. The van der Waals surface area contributed by atoms with Crippen LogP contribution in [0.4, 0.5) is 0 Å². The van der Waals surface area contributed by atoms with Crippen LogP contribution >= 0.6 is 23.4 Å². The summed E-state index contributed by atoms with van der Waals surface area (Å²) < 4.78 is 0. The lowest BCUT2D eigenvalue weighted by Gasteiger charge is -2.16. The van der Waals surface area contributed by atoms with E-state index in [-0.39, 0.29) is 0 Å². The maximum absolute atomic E-state index is 6.16. The summed E-state index contributed by atoms with van der Waals surface area (Å²) in [6.07, 6.45) is 4.70. The fourth-order valence-corrected chi connectivity index (χ4v) is 3.15. The number of thioether (sulfide) groups is 1. The van der Waals surface area contributed by atoms with Crippen LogP contribution in [-0.4, -0.2) is 23.8 Å². The molecular formula is C15H17ClN2S. The van der Waals surface area contributed by atoms with Crippen LogP contribution in [0.5, 0.6) is 0 Å². The van der Waals surface area contributed by atoms with Gasteiger partial charge < -0.3 is 5.32 Å². The number of nitrogens with zero attached hydrogens (tertiary/aromatic N) is 1. The maximum Gasteiger partial charge on any atom is 0.0541 e. The van der Waals surface area contributed by atoms with Gasteiger partial charge in [-0.05, 0) is 37.2 Å². The molecule has 1 unspecified atom stereocenters. The van der Waals surface area contributed by atoms with Gasteiger partial charge in [-0.2, -0.15) is 0 Å². The summed E-state index contributed by atoms with van der Waals surface area (Å²) in [4.78, 5) is 5.28. The molecular weight excluding hydrogens is 276 g/mol. The molecule has 0 fully saturated rings. The third kappa shape index (κ3) is 4.53. The highest BCUT2D eigenvalue weighted by Crippen LogP contribution is 2.27. The zero-order valence-electron chi connectivity index (χ0n) is 10.8. The topological polar surface area (TPSA) is 24.9 Å². The SMILES string of the molecule is CNC(CSc1ccccc1Cl)Cc1cccnc1. The van der Waals surface area contributed by atoms with Crippen LogP contribution in [0, 0.1) is 0 Å². The molecule has 1 atom stereocenters. The van der Waals surface area contributed by atoms with Crippen molar-refractivity contribution in [2.24, 2.45) is 0 Å². The van der Waals surface area contributed by atoms with E-state index in [9.17, 15) is 0 Å². The van der Waals surface area contributed by atoms with Gasteiger partial charge >= 0.3 is 0 Å². The maximum atomic E-state index is 6.16. The second-order valence-corrected chi connectivity index (χ2v) is 5.76. The third-order valence-electron chi connectivity index (χ3n) is 2.89. The van der Waals surface area contributed by atoms with Crippen molar-refractivity contribution in [3.63, 3.8) is 0 Å². The number of aromatic nitrogens is 1. The number of rotatable bonds is 6. The Morgan fingerprint density at radius 1 is 1.26 bits per heavy atom. The first kappa shape index (κ1) is 14.4. The Balaban J connectivity index is 1.91. The van der Waals surface area contributed by atoms with Gasteiger partial charge in [0, 0.05) is 29.1 Å². The fraction of sp³-hybridized carbons (Fsp3) is 0.267. The Kier molecular flexibility index (Phi) is 5.70. The lowest BCUT2D eigenvalue weighted by atomic mass is 10.1. The molecule has 0 aliphatic rings. The molecule has 2 rings (SSSR count). The smallest absolute Gasteiger partial charge is 0.0541 e. The molecule has 1 N–H and O–H groups in total. The van der Waals surface area contributed by atoms with E-state index in [4.69, 9.17) is 11.6 Å². The molecule has 0 aliphatic heterocycles. The summed E-state index contributed by atoms with van der Waals surface area (Å²) in [6, 6.07) is 12.5. The van der Waals surface area contributed by atoms with Gasteiger partial charge in [-0.15, -0.1) is 11.8 Å². The van der Waals surface area contributed by atoms with Gasteiger partial charge in [-0.25, -0.2) is 0 Å². The number of nitrogens with one attached hydrogen (secondary N) is 1. The Morgan fingerprint density at radius 2 is 2.11 bits per heavy atom. The molecule has 0 saturated heterocycles. The normalized spacial score (nSPS) is 12.3. The molecule has 0 radical (unpaired) electrons. The molecule has 0 bridgehead atoms. The predicted octanol–water partition coefficient (Wildman–Crippen LogP) is 3.66. The van der Waals surface area contributed by atoms with E-state index in [0.29, 0.717) is 6.04 Å². The number of halogens is 1. The zero-order valence-corrected chi connectivity index (χ0v) is 12.4. The van der Waals surface area contributed by atoms with E-state index < -0.39 is 0 Å². The van der Waals surface area contributed by atoms with Gasteiger partial charge in [-0.3, -0.25) is 4.98 Å². The van der Waals surface area contributed by atoms with Crippen molar-refractivity contribution >= 4 is 23.4 Å². The standard InChI is InChI=1S/C15H17ClN2S/c1-17-13(9-12-5-4-8-18-10-12)11-19-15-7-3-2-6-14(15)16/h2-8,10,13,17H,9,11H2,1H3. The van der Waals surface area contributed by atoms with Crippen LogP contribution in [-0.2, 0) is 6.42 Å². The zero-order chi connectivity index (χ0) is 13.5. The second-order valence-electron chi connectivity index (χ2n) is 4.29. The van der Waals surface area contributed by atoms with E-state index in [0.717, 1.165) is 22.1 Å². The van der Waals surface area contributed by atoms with E-state index in [1.165, 1.54) is 5.56 Å². The Morgan fingerprint density at radius 3 is 2.79 bits per heavy atom. The van der Waals surface area contributed by atoms with Gasteiger partial charge in [0.05, 0.1) is 5.02 Å². The summed E-state index contributed by atoms with van der Waals surface area (Å²) in [5.41, 5.74) is 1.25. The summed E-state index contributed by atoms with van der Waals surface area (Å²) >= 11 is 7.94. The highest BCUT2D eigenvalue weighted by molar-refractivity contribution is 7.99. The number of pyridine rings is 1. The van der Waals surface area contributed by atoms with Crippen LogP contribution in [0.3, 0.4) is 0 Å². The Labute approximate surface area is 123 Å². The Bertz CT molecular complexity index is 505. The van der Waals surface area contributed by atoms with Gasteiger partial charge in [0.15, 0.2) is 0 Å². The lowest BCUT2D eigenvalue weighted by molar-refractivity contribution is 0.616. The van der Waals surface area contributed by atoms with Crippen LogP contribution < -0.4 is 5.32 Å². The molecule has 4 heteroatoms. The van der Waals surface area contributed by atoms with E-state index in [1.54, 1.807) is 18.0 Å². The van der Waals surface area contributed by atoms with Gasteiger partial charge in [0.25, 0.3) is 0 Å². The van der Waals surface area contributed by atoms with E-state index >= 15 is 0 Å². The van der Waals surface area contributed by atoms with Crippen LogP contribution in [0.2, 0.25) is 5.02 Å². The molecule has 19 heavy (non-hydrogen) atoms. The van der Waals surface area contributed by atoms with Crippen molar-refractivity contribution in [3.8, 4) is 0 Å². The molecule has 0 amide bonds. The van der Waals surface area contributed by atoms with E-state index in [2.05, 4.69) is 22.4 Å². The minimum absolute atomic E-state index is 0.408. The molecule has 0 saturated carbocycles. The number of likely N-dealkylation sites (N-methyl/N-ethyl adjacent to an activating group) is 1. The van der Waals surface area contributed by atoms with Crippen LogP contribution in [0.25, 0.3) is 0 Å². The predicted molar refractivity (Wildman–Crippen MR) is 83.0 cm³/mol. The van der Waals surface area contributed by atoms with Crippen LogP contribution in [0.15, 0.2) is 53.7 Å². The third-order valence-corrected chi connectivity index (χ3v) is 4.57. The minimum atomic E-state index is 0.408. The lowest BCUT2D eigenvalue weighted by Crippen LogP contribution is -2.30. The van der Waals surface area contributed by atoms with Crippen LogP contribution in [0.1, 0.15) is 5.56 Å². The molecule has 1 aromatic carbocycles. The minimum Gasteiger partial charge on any atom is -0.316 e. The summed E-state index contributed by atoms with van der Waals surface area (Å²) in [5.74, 6) is 0.981. The molecule has 0 aliphatic carbocycles. The quantitative estimate of drug-likeness (QED) is 0.823. The molecule has 100 valence electrons. The highest BCUT2D eigenvalue weighted by Gasteiger charge is 2.09. The monoisotopic (exact) mass is 292 g/mol. The Hall–Kier alpha value is -1.03.